The molecular weight excluding hydrogens is 382 g/mol. The van der Waals surface area contributed by atoms with Crippen LogP contribution in [0.25, 0.3) is 27.6 Å². The van der Waals surface area contributed by atoms with Crippen LogP contribution in [-0.2, 0) is 4.79 Å². The van der Waals surface area contributed by atoms with Crippen LogP contribution < -0.4 is 5.32 Å². The Morgan fingerprint density at radius 1 is 1.10 bits per heavy atom. The molecule has 5 rings (SSSR count). The van der Waals surface area contributed by atoms with Gasteiger partial charge in [-0.3, -0.25) is 9.20 Å². The molecule has 0 saturated heterocycles. The number of hydrogen-bond acceptors (Lipinski definition) is 5. The molecule has 7 heteroatoms. The number of carbonyl (C=O) groups is 1. The Labute approximate surface area is 171 Å². The van der Waals surface area contributed by atoms with Crippen molar-refractivity contribution in [3.63, 3.8) is 0 Å². The highest BCUT2D eigenvalue weighted by molar-refractivity contribution is 7.99. The number of amides is 1. The van der Waals surface area contributed by atoms with Crippen LogP contribution in [-0.4, -0.2) is 31.6 Å². The summed E-state index contributed by atoms with van der Waals surface area (Å²) in [6.07, 6.45) is 3.42. The Bertz CT molecular complexity index is 1280. The van der Waals surface area contributed by atoms with E-state index in [0.29, 0.717) is 0 Å². The smallest absolute Gasteiger partial charge is 0.231 e. The molecule has 0 atom stereocenters. The van der Waals surface area contributed by atoms with Crippen LogP contribution in [0.4, 0.5) is 0 Å². The summed E-state index contributed by atoms with van der Waals surface area (Å²) in [4.78, 5) is 22.2. The molecule has 4 aromatic rings. The highest BCUT2D eigenvalue weighted by Gasteiger charge is 2.35. The minimum Gasteiger partial charge on any atom is -0.337 e. The van der Waals surface area contributed by atoms with Crippen molar-refractivity contribution in [2.45, 2.75) is 36.4 Å². The van der Waals surface area contributed by atoms with Gasteiger partial charge in [0.15, 0.2) is 5.16 Å². The number of benzene rings is 2. The first-order chi connectivity index (χ1) is 14.2. The molecule has 29 heavy (non-hydrogen) atoms. The van der Waals surface area contributed by atoms with E-state index in [-0.39, 0.29) is 11.7 Å². The SMILES string of the molecule is N#CC1(NC(=O)CSc2nc3ccccc3c3nc4ccccc4n23)CCCC1. The van der Waals surface area contributed by atoms with Crippen molar-refractivity contribution >= 4 is 45.3 Å². The van der Waals surface area contributed by atoms with Gasteiger partial charge in [0, 0.05) is 5.39 Å². The number of aromatic nitrogens is 3. The molecule has 0 unspecified atom stereocenters. The lowest BCUT2D eigenvalue weighted by Gasteiger charge is -2.21. The Morgan fingerprint density at radius 3 is 2.62 bits per heavy atom. The van der Waals surface area contributed by atoms with Gasteiger partial charge in [0.25, 0.3) is 0 Å². The summed E-state index contributed by atoms with van der Waals surface area (Å²) in [6, 6.07) is 18.1. The summed E-state index contributed by atoms with van der Waals surface area (Å²) in [5.74, 6) is 0.0714. The molecule has 1 aliphatic carbocycles. The summed E-state index contributed by atoms with van der Waals surface area (Å²) >= 11 is 1.38. The van der Waals surface area contributed by atoms with E-state index in [1.807, 2.05) is 52.9 Å². The lowest BCUT2D eigenvalue weighted by molar-refractivity contribution is -0.119. The number of nitrogens with zero attached hydrogens (tertiary/aromatic N) is 4. The molecule has 0 bridgehead atoms. The highest BCUT2D eigenvalue weighted by Crippen LogP contribution is 2.31. The zero-order valence-electron chi connectivity index (χ0n) is 15.8. The molecule has 1 saturated carbocycles. The fraction of sp³-hybridized carbons (Fsp3) is 0.273. The van der Waals surface area contributed by atoms with Crippen molar-refractivity contribution in [2.24, 2.45) is 0 Å². The lowest BCUT2D eigenvalue weighted by Crippen LogP contribution is -2.45. The third-order valence-electron chi connectivity index (χ3n) is 5.50. The van der Waals surface area contributed by atoms with Crippen molar-refractivity contribution in [3.8, 4) is 6.07 Å². The zero-order chi connectivity index (χ0) is 19.8. The predicted octanol–water partition coefficient (Wildman–Crippen LogP) is 4.08. The molecule has 2 aromatic carbocycles. The van der Waals surface area contributed by atoms with Crippen LogP contribution >= 0.6 is 11.8 Å². The van der Waals surface area contributed by atoms with Crippen LogP contribution in [0.5, 0.6) is 0 Å². The van der Waals surface area contributed by atoms with E-state index in [0.717, 1.165) is 58.4 Å². The summed E-state index contributed by atoms with van der Waals surface area (Å²) < 4.78 is 2.02. The fourth-order valence-corrected chi connectivity index (χ4v) is 4.90. The number of para-hydroxylation sites is 3. The summed E-state index contributed by atoms with van der Waals surface area (Å²) in [7, 11) is 0. The van der Waals surface area contributed by atoms with Crippen LogP contribution in [0.1, 0.15) is 25.7 Å². The topological polar surface area (TPSA) is 83.1 Å². The van der Waals surface area contributed by atoms with E-state index in [2.05, 4.69) is 11.4 Å². The van der Waals surface area contributed by atoms with Gasteiger partial charge in [-0.2, -0.15) is 5.26 Å². The van der Waals surface area contributed by atoms with Crippen molar-refractivity contribution < 1.29 is 4.79 Å². The van der Waals surface area contributed by atoms with Crippen molar-refractivity contribution in [1.29, 1.82) is 5.26 Å². The normalized spacial score (nSPS) is 15.7. The third-order valence-corrected chi connectivity index (χ3v) is 6.43. The number of rotatable bonds is 4. The van der Waals surface area contributed by atoms with Gasteiger partial charge in [-0.15, -0.1) is 0 Å². The Hall–Kier alpha value is -3.11. The van der Waals surface area contributed by atoms with Crippen LogP contribution in [0.15, 0.2) is 53.7 Å². The summed E-state index contributed by atoms with van der Waals surface area (Å²) in [6.45, 7) is 0. The molecule has 1 fully saturated rings. The van der Waals surface area contributed by atoms with Crippen molar-refractivity contribution in [1.82, 2.24) is 19.7 Å². The molecule has 1 amide bonds. The monoisotopic (exact) mass is 401 g/mol. The van der Waals surface area contributed by atoms with E-state index in [1.54, 1.807) is 0 Å². The van der Waals surface area contributed by atoms with Gasteiger partial charge in [0.2, 0.25) is 5.91 Å². The van der Waals surface area contributed by atoms with Crippen LogP contribution in [0.3, 0.4) is 0 Å². The largest absolute Gasteiger partial charge is 0.337 e. The molecule has 2 aromatic heterocycles. The van der Waals surface area contributed by atoms with E-state index in [1.165, 1.54) is 11.8 Å². The number of hydrogen-bond donors (Lipinski definition) is 1. The van der Waals surface area contributed by atoms with Gasteiger partial charge in [-0.05, 0) is 49.9 Å². The first-order valence-corrected chi connectivity index (χ1v) is 10.7. The molecule has 0 radical (unpaired) electrons. The summed E-state index contributed by atoms with van der Waals surface area (Å²) in [5.41, 5.74) is 2.84. The average Bonchev–Trinajstić information content (AvgIpc) is 3.37. The second kappa shape index (κ2) is 7.05. The first-order valence-electron chi connectivity index (χ1n) is 9.70. The average molecular weight is 401 g/mol. The number of nitriles is 1. The highest BCUT2D eigenvalue weighted by atomic mass is 32.2. The fourth-order valence-electron chi connectivity index (χ4n) is 4.09. The minimum atomic E-state index is -0.703. The Kier molecular flexibility index (Phi) is 4.36. The summed E-state index contributed by atoms with van der Waals surface area (Å²) in [5, 5.41) is 14.2. The number of carbonyl (C=O) groups excluding carboxylic acids is 1. The molecule has 0 spiro atoms. The van der Waals surface area contributed by atoms with Crippen LogP contribution in [0.2, 0.25) is 0 Å². The molecule has 144 valence electrons. The van der Waals surface area contributed by atoms with Gasteiger partial charge in [0.1, 0.15) is 11.2 Å². The Balaban J connectivity index is 1.52. The van der Waals surface area contributed by atoms with Crippen molar-refractivity contribution in [3.05, 3.63) is 48.5 Å². The Morgan fingerprint density at radius 2 is 1.83 bits per heavy atom. The second-order valence-corrected chi connectivity index (χ2v) is 8.35. The zero-order valence-corrected chi connectivity index (χ0v) is 16.6. The van der Waals surface area contributed by atoms with E-state index in [4.69, 9.17) is 9.97 Å². The maximum Gasteiger partial charge on any atom is 0.231 e. The van der Waals surface area contributed by atoms with E-state index in [9.17, 15) is 10.1 Å². The molecule has 6 nitrogen and oxygen atoms in total. The molecule has 1 N–H and O–H groups in total. The molecular formula is C22H19N5OS. The molecule has 0 aliphatic heterocycles. The van der Waals surface area contributed by atoms with E-state index >= 15 is 0 Å². The number of nitrogens with one attached hydrogen (secondary N) is 1. The van der Waals surface area contributed by atoms with Crippen molar-refractivity contribution in [2.75, 3.05) is 5.75 Å². The maximum atomic E-state index is 12.6. The number of imidazole rings is 1. The lowest BCUT2D eigenvalue weighted by atomic mass is 10.0. The van der Waals surface area contributed by atoms with Gasteiger partial charge < -0.3 is 5.32 Å². The molecule has 2 heterocycles. The number of fused-ring (bicyclic) bond motifs is 5. The number of thioether (sulfide) groups is 1. The van der Waals surface area contributed by atoms with Gasteiger partial charge in [-0.25, -0.2) is 9.97 Å². The second-order valence-electron chi connectivity index (χ2n) is 7.41. The van der Waals surface area contributed by atoms with Gasteiger partial charge in [0.05, 0.1) is 28.4 Å². The minimum absolute atomic E-state index is 0.133. The third kappa shape index (κ3) is 3.10. The quantitative estimate of drug-likeness (QED) is 0.411. The molecule has 1 aliphatic rings. The van der Waals surface area contributed by atoms with Crippen LogP contribution in [0, 0.1) is 11.3 Å². The first kappa shape index (κ1) is 18.0. The van der Waals surface area contributed by atoms with Gasteiger partial charge in [-0.1, -0.05) is 36.0 Å². The van der Waals surface area contributed by atoms with Gasteiger partial charge >= 0.3 is 0 Å². The van der Waals surface area contributed by atoms with E-state index < -0.39 is 5.54 Å². The predicted molar refractivity (Wildman–Crippen MR) is 114 cm³/mol. The maximum absolute atomic E-state index is 12.6. The standard InChI is InChI=1S/C22H19N5OS/c23-14-22(11-5-6-12-22)26-19(28)13-29-21-25-16-8-2-1-7-15(16)20-24-17-9-3-4-10-18(17)27(20)21/h1-4,7-10H,5-6,11-13H2,(H,26,28).